The first-order valence-corrected chi connectivity index (χ1v) is 11.7. The van der Waals surface area contributed by atoms with Gasteiger partial charge in [0.05, 0.1) is 21.2 Å². The minimum absolute atomic E-state index is 0.507. The van der Waals surface area contributed by atoms with Crippen molar-refractivity contribution >= 4 is 33.7 Å². The molecule has 1 unspecified atom stereocenters. The van der Waals surface area contributed by atoms with Gasteiger partial charge >= 0.3 is 0 Å². The van der Waals surface area contributed by atoms with Gasteiger partial charge in [0.1, 0.15) is 5.69 Å². The van der Waals surface area contributed by atoms with E-state index in [1.807, 2.05) is 42.9 Å². The number of aromatic nitrogens is 5. The largest absolute Gasteiger partial charge is 0.254 e. The Bertz CT molecular complexity index is 1260. The first-order chi connectivity index (χ1) is 13.4. The highest BCUT2D eigenvalue weighted by molar-refractivity contribution is 7.98. The van der Waals surface area contributed by atoms with Crippen molar-refractivity contribution in [2.45, 2.75) is 44.4 Å². The van der Waals surface area contributed by atoms with Gasteiger partial charge in [0.2, 0.25) is 5.82 Å². The molecule has 0 saturated carbocycles. The average Bonchev–Trinajstić information content (AvgIpc) is 3.30. The molecule has 0 bridgehead atoms. The smallest absolute Gasteiger partial charge is 0.203 e. The molecule has 0 radical (unpaired) electrons. The highest BCUT2D eigenvalue weighted by Gasteiger charge is 2.25. The highest BCUT2D eigenvalue weighted by Crippen LogP contribution is 2.33. The molecule has 0 N–H and O–H groups in total. The summed E-state index contributed by atoms with van der Waals surface area (Å²) < 4.78 is 16.7. The van der Waals surface area contributed by atoms with Crippen molar-refractivity contribution in [3.8, 4) is 11.5 Å². The van der Waals surface area contributed by atoms with Crippen LogP contribution in [0.1, 0.15) is 29.3 Å². The van der Waals surface area contributed by atoms with Crippen molar-refractivity contribution in [3.63, 3.8) is 0 Å². The molecule has 0 spiro atoms. The molecule has 0 saturated heterocycles. The van der Waals surface area contributed by atoms with Crippen LogP contribution in [0.2, 0.25) is 0 Å². The van der Waals surface area contributed by atoms with Crippen molar-refractivity contribution < 1.29 is 4.21 Å². The van der Waals surface area contributed by atoms with Crippen LogP contribution < -0.4 is 0 Å². The van der Waals surface area contributed by atoms with Crippen LogP contribution in [0.15, 0.2) is 28.1 Å². The number of nitrogens with zero attached hydrogens (tertiary/aromatic N) is 5. The van der Waals surface area contributed by atoms with Gasteiger partial charge in [0.25, 0.3) is 0 Å². The summed E-state index contributed by atoms with van der Waals surface area (Å²) in [5, 5.41) is 9.45. The summed E-state index contributed by atoms with van der Waals surface area (Å²) in [6.45, 7) is 10.2. The van der Waals surface area contributed by atoms with E-state index in [1.54, 1.807) is 16.3 Å². The van der Waals surface area contributed by atoms with Crippen LogP contribution in [0.25, 0.3) is 22.7 Å². The van der Waals surface area contributed by atoms with Crippen molar-refractivity contribution in [1.29, 1.82) is 0 Å². The van der Waals surface area contributed by atoms with Crippen LogP contribution in [0.5, 0.6) is 0 Å². The molecule has 4 heterocycles. The molecule has 4 aromatic rings. The van der Waals surface area contributed by atoms with E-state index < -0.39 is 10.8 Å². The maximum Gasteiger partial charge on any atom is 0.203 e. The monoisotopic (exact) mass is 413 g/mol. The van der Waals surface area contributed by atoms with Gasteiger partial charge in [0, 0.05) is 22.5 Å². The van der Waals surface area contributed by atoms with Gasteiger partial charge in [-0.3, -0.25) is 4.21 Å². The molecule has 8 heteroatoms. The maximum atomic E-state index is 13.1. The number of pyridine rings is 2. The fourth-order valence-corrected chi connectivity index (χ4v) is 4.97. The van der Waals surface area contributed by atoms with E-state index in [2.05, 4.69) is 25.9 Å². The molecule has 1 atom stereocenters. The maximum absolute atomic E-state index is 13.1. The molecule has 0 aliphatic rings. The van der Waals surface area contributed by atoms with Crippen molar-refractivity contribution in [1.82, 2.24) is 24.2 Å². The summed E-state index contributed by atoms with van der Waals surface area (Å²) in [7, 11) is -1.18. The van der Waals surface area contributed by atoms with Crippen LogP contribution in [-0.4, -0.2) is 40.4 Å². The lowest BCUT2D eigenvalue weighted by Gasteiger charge is -2.12. The highest BCUT2D eigenvalue weighted by atomic mass is 32.2. The van der Waals surface area contributed by atoms with Gasteiger partial charge in [-0.1, -0.05) is 6.92 Å². The number of hydrogen-bond donors (Lipinski definition) is 0. The van der Waals surface area contributed by atoms with E-state index in [0.29, 0.717) is 17.3 Å². The Hall–Kier alpha value is -2.19. The lowest BCUT2D eigenvalue weighted by molar-refractivity contribution is 0.684. The summed E-state index contributed by atoms with van der Waals surface area (Å²) >= 11 is 1.66. The summed E-state index contributed by atoms with van der Waals surface area (Å²) in [5.74, 6) is 1.02. The zero-order chi connectivity index (χ0) is 20.2. The van der Waals surface area contributed by atoms with Gasteiger partial charge in [-0.15, -0.1) is 16.9 Å². The first-order valence-electron chi connectivity index (χ1n) is 9.15. The predicted molar refractivity (Wildman–Crippen MR) is 115 cm³/mol. The SMILES string of the molecule is CCS(=O)c1c(-c2nc3cc(SC)ccn3n2)nn2c(C)c(C)c(C)c(C)c12. The number of aryl methyl sites for hydroxylation is 2. The van der Waals surface area contributed by atoms with Crippen LogP contribution in [0.4, 0.5) is 0 Å². The zero-order valence-corrected chi connectivity index (χ0v) is 18.5. The van der Waals surface area contributed by atoms with Crippen LogP contribution in [0, 0.1) is 27.7 Å². The van der Waals surface area contributed by atoms with Gasteiger partial charge in [-0.05, 0) is 62.8 Å². The summed E-state index contributed by atoms with van der Waals surface area (Å²) in [5.41, 5.74) is 6.83. The molecule has 0 fully saturated rings. The lowest BCUT2D eigenvalue weighted by Crippen LogP contribution is -2.03. The molecule has 0 aromatic carbocycles. The number of hydrogen-bond acceptors (Lipinski definition) is 5. The second-order valence-corrected chi connectivity index (χ2v) is 9.39. The van der Waals surface area contributed by atoms with Crippen molar-refractivity contribution in [3.05, 3.63) is 40.7 Å². The molecule has 6 nitrogen and oxygen atoms in total. The fraction of sp³-hybridized carbons (Fsp3) is 0.350. The third kappa shape index (κ3) is 2.78. The van der Waals surface area contributed by atoms with E-state index >= 15 is 0 Å². The van der Waals surface area contributed by atoms with Crippen LogP contribution >= 0.6 is 11.8 Å². The molecule has 0 amide bonds. The lowest BCUT2D eigenvalue weighted by atomic mass is 10.0. The van der Waals surface area contributed by atoms with E-state index in [4.69, 9.17) is 10.1 Å². The number of fused-ring (bicyclic) bond motifs is 2. The van der Waals surface area contributed by atoms with Gasteiger partial charge in [-0.2, -0.15) is 5.10 Å². The van der Waals surface area contributed by atoms with Gasteiger partial charge in [-0.25, -0.2) is 14.0 Å². The molecule has 0 aliphatic heterocycles. The number of rotatable bonds is 4. The summed E-state index contributed by atoms with van der Waals surface area (Å²) in [6, 6.07) is 4.00. The molecule has 146 valence electrons. The Morgan fingerprint density at radius 1 is 1.11 bits per heavy atom. The average molecular weight is 414 g/mol. The van der Waals surface area contributed by atoms with Gasteiger partial charge in [0.15, 0.2) is 5.65 Å². The van der Waals surface area contributed by atoms with E-state index in [-0.39, 0.29) is 0 Å². The van der Waals surface area contributed by atoms with E-state index in [9.17, 15) is 4.21 Å². The Morgan fingerprint density at radius 2 is 1.86 bits per heavy atom. The minimum Gasteiger partial charge on any atom is -0.254 e. The van der Waals surface area contributed by atoms with Crippen molar-refractivity contribution in [2.24, 2.45) is 0 Å². The third-order valence-electron chi connectivity index (χ3n) is 5.43. The third-order valence-corrected chi connectivity index (χ3v) is 7.52. The molecule has 28 heavy (non-hydrogen) atoms. The van der Waals surface area contributed by atoms with Gasteiger partial charge < -0.3 is 0 Å². The topological polar surface area (TPSA) is 64.6 Å². The molecular formula is C20H23N5OS2. The second kappa shape index (κ2) is 7.00. The molecule has 4 rings (SSSR count). The minimum atomic E-state index is -1.18. The second-order valence-electron chi connectivity index (χ2n) is 6.84. The zero-order valence-electron chi connectivity index (χ0n) is 16.9. The normalized spacial score (nSPS) is 12.9. The Balaban J connectivity index is 2.08. The van der Waals surface area contributed by atoms with E-state index in [1.165, 1.54) is 11.1 Å². The standard InChI is InChI=1S/C20H23N5OS2/c1-7-28(26)19-17(20-21-16-10-15(27-6)8-9-24(16)23-20)22-25-14(5)12(3)11(2)13(4)18(19)25/h8-10H,7H2,1-6H3. The summed E-state index contributed by atoms with van der Waals surface area (Å²) in [4.78, 5) is 6.55. The van der Waals surface area contributed by atoms with Crippen LogP contribution in [0.3, 0.4) is 0 Å². The predicted octanol–water partition coefficient (Wildman–Crippen LogP) is 4.13. The Morgan fingerprint density at radius 3 is 2.54 bits per heavy atom. The van der Waals surface area contributed by atoms with Crippen LogP contribution in [-0.2, 0) is 10.8 Å². The quantitative estimate of drug-likeness (QED) is 0.471. The number of thioether (sulfide) groups is 1. The Kier molecular flexibility index (Phi) is 4.79. The molecule has 4 aromatic heterocycles. The first kappa shape index (κ1) is 19.1. The van der Waals surface area contributed by atoms with Crippen molar-refractivity contribution in [2.75, 3.05) is 12.0 Å². The van der Waals surface area contributed by atoms with E-state index in [0.717, 1.165) is 32.2 Å². The summed E-state index contributed by atoms with van der Waals surface area (Å²) in [6.07, 6.45) is 3.93. The fourth-order valence-electron chi connectivity index (χ4n) is 3.46. The molecule has 0 aliphatic carbocycles. The Labute approximate surface area is 170 Å². The molecular weight excluding hydrogens is 390 g/mol.